The van der Waals surface area contributed by atoms with E-state index < -0.39 is 0 Å². The number of ether oxygens (including phenoxy) is 1. The first-order valence-electron chi connectivity index (χ1n) is 6.71. The van der Waals surface area contributed by atoms with Crippen LogP contribution in [0.5, 0.6) is 0 Å². The summed E-state index contributed by atoms with van der Waals surface area (Å²) in [6.07, 6.45) is 0. The van der Waals surface area contributed by atoms with Gasteiger partial charge in [-0.2, -0.15) is 0 Å². The van der Waals surface area contributed by atoms with Crippen molar-refractivity contribution in [1.29, 1.82) is 0 Å². The minimum atomic E-state index is 0.280. The molecule has 1 N–H and O–H groups in total. The third kappa shape index (κ3) is 2.19. The zero-order chi connectivity index (χ0) is 13.4. The Bertz CT molecular complexity index is 383. The van der Waals surface area contributed by atoms with Crippen LogP contribution in [-0.2, 0) is 4.74 Å². The molecule has 1 aliphatic carbocycles. The fourth-order valence-electron chi connectivity index (χ4n) is 2.91. The van der Waals surface area contributed by atoms with Crippen LogP contribution >= 0.6 is 0 Å². The number of methoxy groups -OCH3 is 1. The minimum Gasteiger partial charge on any atom is -0.383 e. The quantitative estimate of drug-likeness (QED) is 0.861. The van der Waals surface area contributed by atoms with E-state index in [1.807, 2.05) is 0 Å². The summed E-state index contributed by atoms with van der Waals surface area (Å²) >= 11 is 0. The summed E-state index contributed by atoms with van der Waals surface area (Å²) in [5.41, 5.74) is 2.01. The molecular weight excluding hydrogens is 222 g/mol. The second-order valence-electron chi connectivity index (χ2n) is 6.46. The van der Waals surface area contributed by atoms with Crippen molar-refractivity contribution in [2.75, 3.05) is 13.7 Å². The van der Waals surface area contributed by atoms with Crippen molar-refractivity contribution in [3.8, 4) is 0 Å². The first-order valence-corrected chi connectivity index (χ1v) is 6.71. The molecule has 0 spiro atoms. The van der Waals surface area contributed by atoms with E-state index in [1.54, 1.807) is 7.11 Å². The van der Waals surface area contributed by atoms with E-state index in [0.717, 1.165) is 0 Å². The van der Waals surface area contributed by atoms with Gasteiger partial charge in [-0.05, 0) is 16.4 Å². The Kier molecular flexibility index (Phi) is 3.52. The minimum absolute atomic E-state index is 0.280. The number of hydrogen-bond acceptors (Lipinski definition) is 2. The van der Waals surface area contributed by atoms with Gasteiger partial charge in [-0.15, -0.1) is 0 Å². The first-order chi connectivity index (χ1) is 8.41. The van der Waals surface area contributed by atoms with E-state index in [9.17, 15) is 0 Å². The molecule has 1 aliphatic rings. The van der Waals surface area contributed by atoms with Crippen molar-refractivity contribution in [1.82, 2.24) is 5.32 Å². The molecule has 1 fully saturated rings. The molecule has 0 aliphatic heterocycles. The highest BCUT2D eigenvalue weighted by atomic mass is 16.5. The van der Waals surface area contributed by atoms with Gasteiger partial charge in [-0.1, -0.05) is 58.0 Å². The van der Waals surface area contributed by atoms with Crippen LogP contribution in [0.3, 0.4) is 0 Å². The van der Waals surface area contributed by atoms with Crippen LogP contribution in [0.2, 0.25) is 0 Å². The number of benzene rings is 1. The zero-order valence-corrected chi connectivity index (χ0v) is 12.2. The molecule has 0 saturated heterocycles. The summed E-state index contributed by atoms with van der Waals surface area (Å²) in [7, 11) is 1.76. The SMILES string of the molecule is COCC(NC1C(C)(C)C1(C)C)c1ccccc1. The van der Waals surface area contributed by atoms with E-state index in [0.29, 0.717) is 23.5 Å². The maximum atomic E-state index is 5.36. The van der Waals surface area contributed by atoms with Crippen molar-refractivity contribution in [2.45, 2.75) is 39.8 Å². The molecule has 2 nitrogen and oxygen atoms in total. The highest BCUT2D eigenvalue weighted by Gasteiger charge is 2.64. The molecule has 100 valence electrons. The summed E-state index contributed by atoms with van der Waals surface area (Å²) in [4.78, 5) is 0. The number of nitrogens with one attached hydrogen (secondary N) is 1. The molecular formula is C16H25NO. The molecule has 0 amide bonds. The summed E-state index contributed by atoms with van der Waals surface area (Å²) in [5.74, 6) is 0. The Morgan fingerprint density at radius 3 is 2.11 bits per heavy atom. The molecule has 0 heterocycles. The predicted molar refractivity (Wildman–Crippen MR) is 75.5 cm³/mol. The van der Waals surface area contributed by atoms with Gasteiger partial charge in [0.2, 0.25) is 0 Å². The molecule has 0 bridgehead atoms. The number of rotatable bonds is 5. The lowest BCUT2D eigenvalue weighted by atomic mass is 10.0. The average Bonchev–Trinajstić information content (AvgIpc) is 2.72. The van der Waals surface area contributed by atoms with Gasteiger partial charge in [0.1, 0.15) is 0 Å². The third-order valence-corrected chi connectivity index (χ3v) is 4.92. The van der Waals surface area contributed by atoms with Crippen LogP contribution in [0.4, 0.5) is 0 Å². The van der Waals surface area contributed by atoms with E-state index in [-0.39, 0.29) is 6.04 Å². The fourth-order valence-corrected chi connectivity index (χ4v) is 2.91. The summed E-state index contributed by atoms with van der Waals surface area (Å²) in [6.45, 7) is 10.0. The molecule has 1 aromatic rings. The molecule has 2 rings (SSSR count). The molecule has 0 radical (unpaired) electrons. The maximum Gasteiger partial charge on any atom is 0.0657 e. The van der Waals surface area contributed by atoms with Crippen molar-refractivity contribution in [2.24, 2.45) is 10.8 Å². The van der Waals surface area contributed by atoms with E-state index in [4.69, 9.17) is 4.74 Å². The topological polar surface area (TPSA) is 21.3 Å². The van der Waals surface area contributed by atoms with Crippen molar-refractivity contribution in [3.63, 3.8) is 0 Å². The predicted octanol–water partition coefficient (Wildman–Crippen LogP) is 3.40. The van der Waals surface area contributed by atoms with Gasteiger partial charge in [-0.25, -0.2) is 0 Å². The van der Waals surface area contributed by atoms with Crippen LogP contribution in [-0.4, -0.2) is 19.8 Å². The first kappa shape index (κ1) is 13.6. The lowest BCUT2D eigenvalue weighted by molar-refractivity contribution is 0.163. The highest BCUT2D eigenvalue weighted by Crippen LogP contribution is 2.63. The Labute approximate surface area is 111 Å². The van der Waals surface area contributed by atoms with Crippen molar-refractivity contribution in [3.05, 3.63) is 35.9 Å². The summed E-state index contributed by atoms with van der Waals surface area (Å²) in [6, 6.07) is 11.4. The van der Waals surface area contributed by atoms with Gasteiger partial charge in [-0.3, -0.25) is 0 Å². The van der Waals surface area contributed by atoms with Crippen LogP contribution in [0.15, 0.2) is 30.3 Å². The molecule has 1 atom stereocenters. The molecule has 1 aromatic carbocycles. The Morgan fingerprint density at radius 2 is 1.67 bits per heavy atom. The Balaban J connectivity index is 2.10. The standard InChI is InChI=1S/C16H25NO/c1-15(2)14(16(15,3)4)17-13(11-18-5)12-9-7-6-8-10-12/h6-10,13-14,17H,11H2,1-5H3. The monoisotopic (exact) mass is 247 g/mol. The van der Waals surface area contributed by atoms with Crippen molar-refractivity contribution < 1.29 is 4.74 Å². The van der Waals surface area contributed by atoms with Gasteiger partial charge < -0.3 is 10.1 Å². The van der Waals surface area contributed by atoms with E-state index in [1.165, 1.54) is 5.56 Å². The molecule has 1 saturated carbocycles. The average molecular weight is 247 g/mol. The van der Waals surface area contributed by atoms with Crippen LogP contribution < -0.4 is 5.32 Å². The fraction of sp³-hybridized carbons (Fsp3) is 0.625. The van der Waals surface area contributed by atoms with Gasteiger partial charge in [0, 0.05) is 13.2 Å². The molecule has 1 unspecified atom stereocenters. The Morgan fingerprint density at radius 1 is 1.11 bits per heavy atom. The van der Waals surface area contributed by atoms with Crippen LogP contribution in [0, 0.1) is 10.8 Å². The molecule has 0 aromatic heterocycles. The van der Waals surface area contributed by atoms with Gasteiger partial charge in [0.15, 0.2) is 0 Å². The van der Waals surface area contributed by atoms with E-state index in [2.05, 4.69) is 63.3 Å². The van der Waals surface area contributed by atoms with E-state index >= 15 is 0 Å². The smallest absolute Gasteiger partial charge is 0.0657 e. The van der Waals surface area contributed by atoms with Crippen LogP contribution in [0.25, 0.3) is 0 Å². The zero-order valence-electron chi connectivity index (χ0n) is 12.2. The summed E-state index contributed by atoms with van der Waals surface area (Å²) < 4.78 is 5.36. The Hall–Kier alpha value is -0.860. The normalized spacial score (nSPS) is 22.7. The summed E-state index contributed by atoms with van der Waals surface area (Å²) in [5, 5.41) is 3.76. The second kappa shape index (κ2) is 4.67. The van der Waals surface area contributed by atoms with Gasteiger partial charge in [0.25, 0.3) is 0 Å². The molecule has 2 heteroatoms. The highest BCUT2D eigenvalue weighted by molar-refractivity contribution is 5.23. The number of hydrogen-bond donors (Lipinski definition) is 1. The van der Waals surface area contributed by atoms with Crippen LogP contribution in [0.1, 0.15) is 39.3 Å². The maximum absolute atomic E-state index is 5.36. The molecule has 18 heavy (non-hydrogen) atoms. The largest absolute Gasteiger partial charge is 0.383 e. The lowest BCUT2D eigenvalue weighted by Crippen LogP contribution is -2.30. The second-order valence-corrected chi connectivity index (χ2v) is 6.46. The lowest BCUT2D eigenvalue weighted by Gasteiger charge is -2.20. The van der Waals surface area contributed by atoms with Crippen molar-refractivity contribution >= 4 is 0 Å². The van der Waals surface area contributed by atoms with Gasteiger partial charge >= 0.3 is 0 Å². The third-order valence-electron chi connectivity index (χ3n) is 4.92. The van der Waals surface area contributed by atoms with Gasteiger partial charge in [0.05, 0.1) is 12.6 Å².